The van der Waals surface area contributed by atoms with Gasteiger partial charge < -0.3 is 14.4 Å². The molecule has 0 aliphatic carbocycles. The second kappa shape index (κ2) is 3.84. The van der Waals surface area contributed by atoms with E-state index in [0.29, 0.717) is 13.2 Å². The minimum Gasteiger partial charge on any atom is -0.395 e. The van der Waals surface area contributed by atoms with Gasteiger partial charge in [0.25, 0.3) is 0 Å². The average molecular weight is 257 g/mol. The molecule has 2 aliphatic heterocycles. The number of aliphatic hydroxyl groups excluding tert-OH is 1. The van der Waals surface area contributed by atoms with Crippen molar-refractivity contribution in [3.05, 3.63) is 35.0 Å². The van der Waals surface area contributed by atoms with Gasteiger partial charge in [0.1, 0.15) is 0 Å². The third-order valence-electron chi connectivity index (χ3n) is 4.78. The van der Waals surface area contributed by atoms with Gasteiger partial charge in [-0.2, -0.15) is 0 Å². The fraction of sp³-hybridized carbons (Fsp3) is 0.500. The summed E-state index contributed by atoms with van der Waals surface area (Å²) in [7, 11) is 0. The van der Waals surface area contributed by atoms with Gasteiger partial charge in [-0.05, 0) is 43.0 Å². The number of aryl methyl sites for hydroxylation is 3. The predicted octanol–water partition coefficient (Wildman–Crippen LogP) is 2.16. The van der Waals surface area contributed by atoms with Gasteiger partial charge in [0.2, 0.25) is 0 Å². The van der Waals surface area contributed by atoms with Crippen molar-refractivity contribution in [2.75, 3.05) is 19.8 Å². The molecular weight excluding hydrogens is 238 g/mol. The maximum atomic E-state index is 9.71. The van der Waals surface area contributed by atoms with Crippen molar-refractivity contribution in [1.82, 2.24) is 4.57 Å². The number of aliphatic hydroxyl groups is 1. The van der Waals surface area contributed by atoms with E-state index in [-0.39, 0.29) is 12.0 Å². The van der Waals surface area contributed by atoms with Crippen LogP contribution in [0.4, 0.5) is 0 Å². The Morgan fingerprint density at radius 2 is 2.16 bits per heavy atom. The third-order valence-corrected chi connectivity index (χ3v) is 4.78. The summed E-state index contributed by atoms with van der Waals surface area (Å²) in [4.78, 5) is 0. The zero-order chi connectivity index (χ0) is 13.0. The quantitative estimate of drug-likeness (QED) is 0.894. The van der Waals surface area contributed by atoms with E-state index in [1.54, 1.807) is 0 Å². The third kappa shape index (κ3) is 1.46. The van der Waals surface area contributed by atoms with Gasteiger partial charge in [-0.15, -0.1) is 0 Å². The number of ether oxygens (including phenoxy) is 1. The molecule has 19 heavy (non-hydrogen) atoms. The summed E-state index contributed by atoms with van der Waals surface area (Å²) in [6, 6.07) is 6.83. The number of nitrogens with zero attached hydrogens (tertiary/aromatic N) is 1. The lowest BCUT2D eigenvalue weighted by molar-refractivity contribution is -0.0841. The van der Waals surface area contributed by atoms with Crippen molar-refractivity contribution in [2.45, 2.75) is 31.7 Å². The van der Waals surface area contributed by atoms with E-state index in [1.807, 2.05) is 0 Å². The Morgan fingerprint density at radius 3 is 2.84 bits per heavy atom. The van der Waals surface area contributed by atoms with Crippen LogP contribution in [0.2, 0.25) is 0 Å². The van der Waals surface area contributed by atoms with E-state index in [0.717, 1.165) is 13.0 Å². The Labute approximate surface area is 112 Å². The van der Waals surface area contributed by atoms with E-state index in [2.05, 4.69) is 29.7 Å². The van der Waals surface area contributed by atoms with Crippen LogP contribution in [0, 0.1) is 6.92 Å². The predicted molar refractivity (Wildman–Crippen MR) is 74.6 cm³/mol. The van der Waals surface area contributed by atoms with Crippen LogP contribution in [0.25, 0.3) is 10.9 Å². The fourth-order valence-electron chi connectivity index (χ4n) is 3.55. The van der Waals surface area contributed by atoms with Gasteiger partial charge in [-0.3, -0.25) is 0 Å². The van der Waals surface area contributed by atoms with Gasteiger partial charge >= 0.3 is 0 Å². The van der Waals surface area contributed by atoms with Crippen LogP contribution < -0.4 is 0 Å². The van der Waals surface area contributed by atoms with Crippen molar-refractivity contribution in [3.8, 4) is 0 Å². The molecule has 2 aliphatic rings. The average Bonchev–Trinajstić information content (AvgIpc) is 2.68. The molecule has 100 valence electrons. The second-order valence-electron chi connectivity index (χ2n) is 6.05. The first-order valence-corrected chi connectivity index (χ1v) is 7.05. The van der Waals surface area contributed by atoms with Crippen LogP contribution in [0.1, 0.15) is 23.2 Å². The Balaban J connectivity index is 1.96. The summed E-state index contributed by atoms with van der Waals surface area (Å²) in [6.45, 7) is 4.79. The summed E-state index contributed by atoms with van der Waals surface area (Å²) in [5, 5.41) is 11.0. The maximum Gasteiger partial charge on any atom is 0.0651 e. The monoisotopic (exact) mass is 257 g/mol. The molecule has 1 fully saturated rings. The Bertz CT molecular complexity index is 647. The van der Waals surface area contributed by atoms with Crippen LogP contribution in [-0.2, 0) is 23.1 Å². The van der Waals surface area contributed by atoms with Crippen LogP contribution in [0.3, 0.4) is 0 Å². The first-order valence-electron chi connectivity index (χ1n) is 7.05. The number of hydrogen-bond donors (Lipinski definition) is 1. The largest absolute Gasteiger partial charge is 0.395 e. The van der Waals surface area contributed by atoms with E-state index in [9.17, 15) is 5.11 Å². The van der Waals surface area contributed by atoms with E-state index in [4.69, 9.17) is 4.74 Å². The maximum absolute atomic E-state index is 9.71. The molecule has 2 aromatic rings. The fourth-order valence-corrected chi connectivity index (χ4v) is 3.55. The molecule has 3 heterocycles. The van der Waals surface area contributed by atoms with E-state index < -0.39 is 0 Å². The van der Waals surface area contributed by atoms with Crippen molar-refractivity contribution in [3.63, 3.8) is 0 Å². The van der Waals surface area contributed by atoms with Crippen molar-refractivity contribution in [1.29, 1.82) is 0 Å². The number of hydrogen-bond acceptors (Lipinski definition) is 2. The molecule has 0 radical (unpaired) electrons. The van der Waals surface area contributed by atoms with Gasteiger partial charge in [-0.25, -0.2) is 0 Å². The highest BCUT2D eigenvalue weighted by molar-refractivity contribution is 5.86. The lowest BCUT2D eigenvalue weighted by Gasteiger charge is -2.40. The molecule has 0 saturated carbocycles. The van der Waals surface area contributed by atoms with Crippen molar-refractivity contribution >= 4 is 10.9 Å². The summed E-state index contributed by atoms with van der Waals surface area (Å²) < 4.78 is 7.78. The number of benzene rings is 1. The van der Waals surface area contributed by atoms with Crippen molar-refractivity contribution in [2.24, 2.45) is 0 Å². The Kier molecular flexibility index (Phi) is 2.32. The normalized spacial score (nSPS) is 20.5. The van der Waals surface area contributed by atoms with Crippen LogP contribution in [0.5, 0.6) is 0 Å². The highest BCUT2D eigenvalue weighted by Gasteiger charge is 2.40. The van der Waals surface area contributed by atoms with Crippen LogP contribution in [0.15, 0.2) is 18.2 Å². The topological polar surface area (TPSA) is 34.4 Å². The number of rotatable bonds is 2. The molecule has 1 saturated heterocycles. The second-order valence-corrected chi connectivity index (χ2v) is 6.05. The van der Waals surface area contributed by atoms with E-state index >= 15 is 0 Å². The Morgan fingerprint density at radius 1 is 1.32 bits per heavy atom. The highest BCUT2D eigenvalue weighted by Crippen LogP contribution is 2.37. The molecule has 1 N–H and O–H groups in total. The minimum absolute atomic E-state index is 0.155. The van der Waals surface area contributed by atoms with Crippen LogP contribution >= 0.6 is 0 Å². The first kappa shape index (κ1) is 11.5. The van der Waals surface area contributed by atoms with Gasteiger partial charge in [-0.1, -0.05) is 6.07 Å². The smallest absolute Gasteiger partial charge is 0.0651 e. The summed E-state index contributed by atoms with van der Waals surface area (Å²) in [5.41, 5.74) is 5.28. The summed E-state index contributed by atoms with van der Waals surface area (Å²) >= 11 is 0. The SMILES string of the molecule is Cc1cc2cc(C3(CO)COC3)cc3c2n1CCC3. The molecule has 3 nitrogen and oxygen atoms in total. The number of aromatic nitrogens is 1. The summed E-state index contributed by atoms with van der Waals surface area (Å²) in [6.07, 6.45) is 2.36. The lowest BCUT2D eigenvalue weighted by atomic mass is 9.78. The van der Waals surface area contributed by atoms with Gasteiger partial charge in [0.05, 0.1) is 30.8 Å². The zero-order valence-corrected chi connectivity index (χ0v) is 11.3. The molecule has 0 bridgehead atoms. The molecule has 1 aromatic carbocycles. The standard InChI is InChI=1S/C16H19NO2/c1-11-5-13-7-14(16(8-18)9-19-10-16)6-12-3-2-4-17(11)15(12)13/h5-7,18H,2-4,8-10H2,1H3. The zero-order valence-electron chi connectivity index (χ0n) is 11.3. The highest BCUT2D eigenvalue weighted by atomic mass is 16.5. The van der Waals surface area contributed by atoms with Crippen LogP contribution in [-0.4, -0.2) is 29.5 Å². The molecule has 3 heteroatoms. The lowest BCUT2D eigenvalue weighted by Crippen LogP contribution is -2.49. The molecule has 0 atom stereocenters. The Hall–Kier alpha value is -1.32. The van der Waals surface area contributed by atoms with Gasteiger partial charge in [0, 0.05) is 17.6 Å². The minimum atomic E-state index is -0.155. The molecule has 0 amide bonds. The molecule has 4 rings (SSSR count). The summed E-state index contributed by atoms with van der Waals surface area (Å²) in [5.74, 6) is 0. The van der Waals surface area contributed by atoms with Gasteiger partial charge in [0.15, 0.2) is 0 Å². The van der Waals surface area contributed by atoms with Crippen molar-refractivity contribution < 1.29 is 9.84 Å². The molecule has 0 unspecified atom stereocenters. The first-order chi connectivity index (χ1) is 9.23. The van der Waals surface area contributed by atoms with E-state index in [1.165, 1.54) is 34.1 Å². The molecule has 0 spiro atoms. The molecule has 1 aromatic heterocycles. The molecular formula is C16H19NO2.